The van der Waals surface area contributed by atoms with Crippen LogP contribution in [0.3, 0.4) is 0 Å². The van der Waals surface area contributed by atoms with Crippen molar-refractivity contribution in [2.24, 2.45) is 0 Å². The Morgan fingerprint density at radius 1 is 0.306 bits per heavy atom. The smallest absolute Gasteiger partial charge is 0.159 e. The van der Waals surface area contributed by atoms with Crippen molar-refractivity contribution in [1.29, 1.82) is 0 Å². The maximum absolute atomic E-state index is 6.60. The van der Waals surface area contributed by atoms with Crippen LogP contribution in [0.15, 0.2) is 185 Å². The summed E-state index contributed by atoms with van der Waals surface area (Å²) >= 11 is 0. The SMILES string of the molecule is c1ccc(-c2cccc3c(-c4ccc(N(c5cccc6c5oc5ccccc56)c5cccc6c5oc5ccccc56)cc4)cccc23)cc1. The van der Waals surface area contributed by atoms with E-state index in [1.807, 2.05) is 24.3 Å². The van der Waals surface area contributed by atoms with Gasteiger partial charge in [0.25, 0.3) is 0 Å². The number of hydrogen-bond donors (Lipinski definition) is 0. The fourth-order valence-corrected chi connectivity index (χ4v) is 7.45. The predicted octanol–water partition coefficient (Wildman–Crippen LogP) is 13.4. The van der Waals surface area contributed by atoms with Crippen molar-refractivity contribution >= 4 is 71.7 Å². The largest absolute Gasteiger partial charge is 0.454 e. The average molecular weight is 628 g/mol. The van der Waals surface area contributed by atoms with Gasteiger partial charge in [-0.2, -0.15) is 0 Å². The third-order valence-corrected chi connectivity index (χ3v) is 9.69. The third kappa shape index (κ3) is 4.37. The minimum absolute atomic E-state index is 0.836. The zero-order valence-corrected chi connectivity index (χ0v) is 26.5. The van der Waals surface area contributed by atoms with Gasteiger partial charge in [-0.05, 0) is 69.4 Å². The normalized spacial score (nSPS) is 11.7. The Bertz CT molecular complexity index is 2710. The molecule has 10 aromatic rings. The molecule has 0 spiro atoms. The second-order valence-corrected chi connectivity index (χ2v) is 12.5. The first-order valence-electron chi connectivity index (χ1n) is 16.6. The molecule has 0 radical (unpaired) electrons. The Balaban J connectivity index is 1.17. The minimum Gasteiger partial charge on any atom is -0.454 e. The minimum atomic E-state index is 0.836. The van der Waals surface area contributed by atoms with E-state index in [9.17, 15) is 0 Å². The quantitative estimate of drug-likeness (QED) is 0.190. The van der Waals surface area contributed by atoms with Crippen molar-refractivity contribution in [3.63, 3.8) is 0 Å². The van der Waals surface area contributed by atoms with Crippen molar-refractivity contribution in [2.75, 3.05) is 4.90 Å². The topological polar surface area (TPSA) is 29.5 Å². The molecule has 0 bridgehead atoms. The van der Waals surface area contributed by atoms with E-state index < -0.39 is 0 Å². The molecule has 0 aliphatic heterocycles. The highest BCUT2D eigenvalue weighted by Crippen LogP contribution is 2.46. The van der Waals surface area contributed by atoms with E-state index in [1.54, 1.807) is 0 Å². The first-order chi connectivity index (χ1) is 24.3. The predicted molar refractivity (Wildman–Crippen MR) is 204 cm³/mol. The summed E-state index contributed by atoms with van der Waals surface area (Å²) in [4.78, 5) is 2.27. The fourth-order valence-electron chi connectivity index (χ4n) is 7.45. The van der Waals surface area contributed by atoms with Crippen molar-refractivity contribution in [3.05, 3.63) is 176 Å². The lowest BCUT2D eigenvalue weighted by atomic mass is 9.93. The number of hydrogen-bond acceptors (Lipinski definition) is 3. The van der Waals surface area contributed by atoms with Crippen LogP contribution >= 0.6 is 0 Å². The van der Waals surface area contributed by atoms with Gasteiger partial charge in [-0.3, -0.25) is 0 Å². The molecule has 230 valence electrons. The molecular weight excluding hydrogens is 599 g/mol. The Hall–Kier alpha value is -6.58. The first kappa shape index (κ1) is 27.5. The molecule has 0 aliphatic carbocycles. The zero-order valence-electron chi connectivity index (χ0n) is 26.5. The van der Waals surface area contributed by atoms with E-state index in [0.717, 1.165) is 66.5 Å². The molecule has 0 unspecified atom stereocenters. The van der Waals surface area contributed by atoms with Gasteiger partial charge in [-0.1, -0.05) is 140 Å². The maximum atomic E-state index is 6.60. The fraction of sp³-hybridized carbons (Fsp3) is 0. The summed E-state index contributed by atoms with van der Waals surface area (Å²) in [5, 5.41) is 6.83. The Morgan fingerprint density at radius 3 is 1.29 bits per heavy atom. The van der Waals surface area contributed by atoms with Gasteiger partial charge >= 0.3 is 0 Å². The summed E-state index contributed by atoms with van der Waals surface area (Å²) in [6, 6.07) is 61.9. The van der Waals surface area contributed by atoms with Crippen LogP contribution in [0, 0.1) is 0 Å². The number of para-hydroxylation sites is 4. The average Bonchev–Trinajstić information content (AvgIpc) is 3.75. The molecule has 3 nitrogen and oxygen atoms in total. The van der Waals surface area contributed by atoms with E-state index in [0.29, 0.717) is 0 Å². The van der Waals surface area contributed by atoms with Crippen molar-refractivity contribution in [1.82, 2.24) is 0 Å². The second kappa shape index (κ2) is 11.0. The van der Waals surface area contributed by atoms with Gasteiger partial charge in [0.1, 0.15) is 11.2 Å². The van der Waals surface area contributed by atoms with Gasteiger partial charge in [0.15, 0.2) is 11.2 Å². The van der Waals surface area contributed by atoms with Gasteiger partial charge in [0, 0.05) is 27.2 Å². The van der Waals surface area contributed by atoms with Gasteiger partial charge in [-0.15, -0.1) is 0 Å². The summed E-state index contributed by atoms with van der Waals surface area (Å²) in [5.41, 5.74) is 11.1. The van der Waals surface area contributed by atoms with Crippen LogP contribution in [0.5, 0.6) is 0 Å². The Labute approximate surface area is 282 Å². The summed E-state index contributed by atoms with van der Waals surface area (Å²) in [5.74, 6) is 0. The maximum Gasteiger partial charge on any atom is 0.159 e. The Kier molecular flexibility index (Phi) is 6.18. The molecule has 0 atom stereocenters. The number of fused-ring (bicyclic) bond motifs is 7. The van der Waals surface area contributed by atoms with Crippen LogP contribution in [-0.4, -0.2) is 0 Å². The molecule has 2 aromatic heterocycles. The number of anilines is 3. The van der Waals surface area contributed by atoms with Crippen molar-refractivity contribution < 1.29 is 8.83 Å². The van der Waals surface area contributed by atoms with Crippen LogP contribution in [0.2, 0.25) is 0 Å². The molecule has 10 rings (SSSR count). The van der Waals surface area contributed by atoms with E-state index >= 15 is 0 Å². The molecule has 2 heterocycles. The summed E-state index contributed by atoms with van der Waals surface area (Å²) in [7, 11) is 0. The highest BCUT2D eigenvalue weighted by molar-refractivity contribution is 6.14. The zero-order chi connectivity index (χ0) is 32.3. The third-order valence-electron chi connectivity index (χ3n) is 9.69. The number of nitrogens with zero attached hydrogens (tertiary/aromatic N) is 1. The monoisotopic (exact) mass is 627 g/mol. The Morgan fingerprint density at radius 2 is 0.735 bits per heavy atom. The van der Waals surface area contributed by atoms with E-state index in [1.165, 1.54) is 27.5 Å². The number of furan rings is 2. The molecule has 0 aliphatic rings. The first-order valence-corrected chi connectivity index (χ1v) is 16.6. The summed E-state index contributed by atoms with van der Waals surface area (Å²) in [6.07, 6.45) is 0. The summed E-state index contributed by atoms with van der Waals surface area (Å²) < 4.78 is 13.2. The summed E-state index contributed by atoms with van der Waals surface area (Å²) in [6.45, 7) is 0. The molecule has 8 aromatic carbocycles. The van der Waals surface area contributed by atoms with Gasteiger partial charge in [-0.25, -0.2) is 0 Å². The van der Waals surface area contributed by atoms with Crippen molar-refractivity contribution in [3.8, 4) is 22.3 Å². The van der Waals surface area contributed by atoms with Gasteiger partial charge in [0.2, 0.25) is 0 Å². The van der Waals surface area contributed by atoms with E-state index in [4.69, 9.17) is 8.83 Å². The lowest BCUT2D eigenvalue weighted by molar-refractivity contribution is 0.666. The van der Waals surface area contributed by atoms with Crippen molar-refractivity contribution in [2.45, 2.75) is 0 Å². The molecule has 0 saturated heterocycles. The van der Waals surface area contributed by atoms with Crippen LogP contribution in [0.1, 0.15) is 0 Å². The van der Waals surface area contributed by atoms with Crippen LogP contribution in [0.4, 0.5) is 17.1 Å². The molecule has 0 N–H and O–H groups in total. The molecule has 3 heteroatoms. The van der Waals surface area contributed by atoms with Crippen LogP contribution < -0.4 is 4.90 Å². The highest BCUT2D eigenvalue weighted by atomic mass is 16.3. The highest BCUT2D eigenvalue weighted by Gasteiger charge is 2.23. The molecule has 0 fully saturated rings. The molecule has 0 amide bonds. The van der Waals surface area contributed by atoms with E-state index in [-0.39, 0.29) is 0 Å². The van der Waals surface area contributed by atoms with Crippen LogP contribution in [-0.2, 0) is 0 Å². The molecular formula is C46H29NO2. The molecule has 49 heavy (non-hydrogen) atoms. The lowest BCUT2D eigenvalue weighted by Crippen LogP contribution is -2.10. The number of benzene rings is 8. The van der Waals surface area contributed by atoms with Crippen LogP contribution in [0.25, 0.3) is 76.9 Å². The lowest BCUT2D eigenvalue weighted by Gasteiger charge is -2.26. The second-order valence-electron chi connectivity index (χ2n) is 12.5. The number of rotatable bonds is 5. The van der Waals surface area contributed by atoms with Gasteiger partial charge in [0.05, 0.1) is 11.4 Å². The van der Waals surface area contributed by atoms with Gasteiger partial charge < -0.3 is 13.7 Å². The van der Waals surface area contributed by atoms with E-state index in [2.05, 4.69) is 157 Å². The molecule has 0 saturated carbocycles. The standard InChI is InChI=1S/C46H29NO2/c1-2-12-30(13-3-1)33-16-8-19-36-34(17-9-18-35(33)36)31-26-28-32(29-27-31)47(41-22-10-20-39-37-14-4-6-24-43(37)48-45(39)41)42-23-11-21-40-38-15-5-7-25-44(38)49-46(40)42/h1-29H.